The third-order valence-corrected chi connectivity index (χ3v) is 4.63. The Kier molecular flexibility index (Phi) is 5.27. The van der Waals surface area contributed by atoms with Crippen LogP contribution in [0.25, 0.3) is 22.6 Å². The van der Waals surface area contributed by atoms with Gasteiger partial charge in [-0.25, -0.2) is 4.98 Å². The first kappa shape index (κ1) is 18.7. The van der Waals surface area contributed by atoms with Gasteiger partial charge in [-0.1, -0.05) is 30.3 Å². The Morgan fingerprint density at radius 3 is 2.59 bits per heavy atom. The molecule has 0 aliphatic heterocycles. The van der Waals surface area contributed by atoms with Crippen molar-refractivity contribution in [2.24, 2.45) is 5.73 Å². The summed E-state index contributed by atoms with van der Waals surface area (Å²) in [6.45, 7) is 0. The van der Waals surface area contributed by atoms with E-state index in [-0.39, 0.29) is 5.91 Å². The molecule has 6 nitrogen and oxygen atoms in total. The van der Waals surface area contributed by atoms with Crippen LogP contribution < -0.4 is 15.8 Å². The van der Waals surface area contributed by atoms with Crippen molar-refractivity contribution < 1.29 is 13.9 Å². The molecule has 0 saturated heterocycles. The number of nitrogens with zero attached hydrogens (tertiary/aromatic N) is 1. The van der Waals surface area contributed by atoms with Gasteiger partial charge in [-0.15, -0.1) is 0 Å². The Morgan fingerprint density at radius 2 is 1.86 bits per heavy atom. The van der Waals surface area contributed by atoms with Crippen LogP contribution in [0.4, 0.5) is 5.69 Å². The molecule has 6 heteroatoms. The minimum absolute atomic E-state index is 0.226. The smallest absolute Gasteiger partial charge is 0.241 e. The molecule has 29 heavy (non-hydrogen) atoms. The van der Waals surface area contributed by atoms with Gasteiger partial charge in [0.25, 0.3) is 0 Å². The molecule has 0 unspecified atom stereocenters. The zero-order valence-corrected chi connectivity index (χ0v) is 16.0. The average molecular weight is 387 g/mol. The van der Waals surface area contributed by atoms with Gasteiger partial charge in [-0.3, -0.25) is 4.79 Å². The van der Waals surface area contributed by atoms with Crippen molar-refractivity contribution in [2.75, 3.05) is 12.4 Å². The van der Waals surface area contributed by atoms with Crippen molar-refractivity contribution in [3.05, 3.63) is 78.4 Å². The molecule has 3 aromatic carbocycles. The monoisotopic (exact) mass is 387 g/mol. The average Bonchev–Trinajstić information content (AvgIpc) is 3.18. The first-order valence-electron chi connectivity index (χ1n) is 9.28. The van der Waals surface area contributed by atoms with Gasteiger partial charge in [0.05, 0.1) is 13.2 Å². The van der Waals surface area contributed by atoms with Crippen LogP contribution in [0.2, 0.25) is 0 Å². The van der Waals surface area contributed by atoms with E-state index in [0.29, 0.717) is 29.3 Å². The lowest BCUT2D eigenvalue weighted by Gasteiger charge is -2.12. The quantitative estimate of drug-likeness (QED) is 0.522. The van der Waals surface area contributed by atoms with Crippen LogP contribution in [-0.2, 0) is 11.2 Å². The lowest BCUT2D eigenvalue weighted by atomic mass is 10.1. The predicted octanol–water partition coefficient (Wildman–Crippen LogP) is 4.01. The summed E-state index contributed by atoms with van der Waals surface area (Å²) in [7, 11) is 1.61. The van der Waals surface area contributed by atoms with E-state index < -0.39 is 6.04 Å². The molecule has 4 rings (SSSR count). The summed E-state index contributed by atoms with van der Waals surface area (Å²) in [6.07, 6.45) is 0.483. The number of ether oxygens (including phenoxy) is 1. The van der Waals surface area contributed by atoms with E-state index in [1.165, 1.54) is 0 Å². The Hall–Kier alpha value is -3.64. The second kappa shape index (κ2) is 8.16. The molecule has 0 fully saturated rings. The van der Waals surface area contributed by atoms with Crippen LogP contribution in [-0.4, -0.2) is 24.0 Å². The molecule has 146 valence electrons. The number of amides is 1. The molecule has 0 aliphatic carbocycles. The molecule has 0 spiro atoms. The normalized spacial score (nSPS) is 11.9. The lowest BCUT2D eigenvalue weighted by Crippen LogP contribution is -2.37. The molecule has 0 saturated carbocycles. The fraction of sp³-hybridized carbons (Fsp3) is 0.130. The highest BCUT2D eigenvalue weighted by Crippen LogP contribution is 2.27. The molecule has 0 bridgehead atoms. The van der Waals surface area contributed by atoms with Gasteiger partial charge in [0, 0.05) is 17.3 Å². The van der Waals surface area contributed by atoms with Crippen LogP contribution in [0.3, 0.4) is 0 Å². The fourth-order valence-electron chi connectivity index (χ4n) is 3.05. The molecule has 1 aromatic heterocycles. The van der Waals surface area contributed by atoms with Crippen LogP contribution in [0.15, 0.2) is 77.2 Å². The molecule has 1 atom stereocenters. The van der Waals surface area contributed by atoms with Crippen molar-refractivity contribution in [3.63, 3.8) is 0 Å². The number of nitrogens with one attached hydrogen (secondary N) is 1. The van der Waals surface area contributed by atoms with E-state index in [0.717, 1.165) is 16.6 Å². The highest BCUT2D eigenvalue weighted by Gasteiger charge is 2.15. The number of hydrogen-bond acceptors (Lipinski definition) is 5. The zero-order valence-electron chi connectivity index (χ0n) is 16.0. The maximum absolute atomic E-state index is 12.4. The summed E-state index contributed by atoms with van der Waals surface area (Å²) >= 11 is 0. The van der Waals surface area contributed by atoms with E-state index in [2.05, 4.69) is 10.3 Å². The van der Waals surface area contributed by atoms with Crippen molar-refractivity contribution in [2.45, 2.75) is 12.5 Å². The number of carbonyl (C=O) groups is 1. The van der Waals surface area contributed by atoms with Crippen molar-refractivity contribution in [3.8, 4) is 17.2 Å². The first-order chi connectivity index (χ1) is 14.1. The Bertz CT molecular complexity index is 1120. The van der Waals surface area contributed by atoms with Gasteiger partial charge in [0.15, 0.2) is 5.58 Å². The SMILES string of the molecule is COc1ccc2nc(-c3ccc(NC(=O)[C@@H](N)Cc4ccccc4)cc3)oc2c1. The number of rotatable bonds is 6. The maximum Gasteiger partial charge on any atom is 0.241 e. The number of aromatic nitrogens is 1. The predicted molar refractivity (Wildman–Crippen MR) is 113 cm³/mol. The number of fused-ring (bicyclic) bond motifs is 1. The van der Waals surface area contributed by atoms with E-state index in [1.54, 1.807) is 25.3 Å². The summed E-state index contributed by atoms with van der Waals surface area (Å²) in [5.41, 5.74) is 9.95. The van der Waals surface area contributed by atoms with Crippen molar-refractivity contribution >= 4 is 22.7 Å². The second-order valence-electron chi connectivity index (χ2n) is 6.72. The summed E-state index contributed by atoms with van der Waals surface area (Å²) in [6, 6.07) is 21.9. The molecule has 1 heterocycles. The summed E-state index contributed by atoms with van der Waals surface area (Å²) < 4.78 is 11.0. The molecular weight excluding hydrogens is 366 g/mol. The number of hydrogen-bond donors (Lipinski definition) is 2. The van der Waals surface area contributed by atoms with Crippen LogP contribution in [0.1, 0.15) is 5.56 Å². The van der Waals surface area contributed by atoms with E-state index in [4.69, 9.17) is 14.9 Å². The van der Waals surface area contributed by atoms with Crippen LogP contribution in [0.5, 0.6) is 5.75 Å². The van der Waals surface area contributed by atoms with Crippen molar-refractivity contribution in [1.82, 2.24) is 4.98 Å². The highest BCUT2D eigenvalue weighted by atomic mass is 16.5. The third-order valence-electron chi connectivity index (χ3n) is 4.63. The summed E-state index contributed by atoms with van der Waals surface area (Å²) in [5, 5.41) is 2.85. The Balaban J connectivity index is 1.44. The number of methoxy groups -OCH3 is 1. The Labute approximate surface area is 168 Å². The first-order valence-corrected chi connectivity index (χ1v) is 9.28. The van der Waals surface area contributed by atoms with Crippen LogP contribution >= 0.6 is 0 Å². The van der Waals surface area contributed by atoms with Gasteiger partial charge in [0.2, 0.25) is 11.8 Å². The maximum atomic E-state index is 12.4. The third kappa shape index (κ3) is 4.28. The summed E-state index contributed by atoms with van der Waals surface area (Å²) in [5.74, 6) is 0.993. The van der Waals surface area contributed by atoms with Gasteiger partial charge >= 0.3 is 0 Å². The molecule has 0 radical (unpaired) electrons. The van der Waals surface area contributed by atoms with E-state index in [9.17, 15) is 4.79 Å². The topological polar surface area (TPSA) is 90.4 Å². The van der Waals surface area contributed by atoms with E-state index >= 15 is 0 Å². The fourth-order valence-corrected chi connectivity index (χ4v) is 3.05. The molecular formula is C23H21N3O3. The van der Waals surface area contributed by atoms with Crippen LogP contribution in [0, 0.1) is 0 Å². The van der Waals surface area contributed by atoms with Gasteiger partial charge in [-0.2, -0.15) is 0 Å². The zero-order chi connectivity index (χ0) is 20.2. The highest BCUT2D eigenvalue weighted by molar-refractivity contribution is 5.95. The molecule has 3 N–H and O–H groups in total. The number of benzene rings is 3. The molecule has 0 aliphatic rings. The van der Waals surface area contributed by atoms with Crippen molar-refractivity contribution in [1.29, 1.82) is 0 Å². The standard InChI is InChI=1S/C23H21N3O3/c1-28-18-11-12-20-21(14-18)29-23(26-20)16-7-9-17(10-8-16)25-22(27)19(24)13-15-5-3-2-4-6-15/h2-12,14,19H,13,24H2,1H3,(H,25,27)/t19-/m0/s1. The number of nitrogens with two attached hydrogens (primary N) is 1. The minimum atomic E-state index is -0.621. The van der Waals surface area contributed by atoms with E-state index in [1.807, 2.05) is 54.6 Å². The number of anilines is 1. The summed E-state index contributed by atoms with van der Waals surface area (Å²) in [4.78, 5) is 16.9. The molecule has 1 amide bonds. The second-order valence-corrected chi connectivity index (χ2v) is 6.72. The largest absolute Gasteiger partial charge is 0.497 e. The lowest BCUT2D eigenvalue weighted by molar-refractivity contribution is -0.117. The minimum Gasteiger partial charge on any atom is -0.497 e. The van der Waals surface area contributed by atoms with Gasteiger partial charge in [0.1, 0.15) is 11.3 Å². The number of carbonyl (C=O) groups excluding carboxylic acids is 1. The number of oxazole rings is 1. The molecule has 4 aromatic rings. The van der Waals surface area contributed by atoms with Gasteiger partial charge in [-0.05, 0) is 48.4 Å². The Morgan fingerprint density at radius 1 is 1.10 bits per heavy atom. The van der Waals surface area contributed by atoms with Gasteiger partial charge < -0.3 is 20.2 Å².